The number of rotatable bonds is 4. The SMILES string of the molecule is Brc1ccc(CNC2CC2)c(-n2nnc3ccccc32)c1. The molecule has 0 bridgehead atoms. The van der Waals surface area contributed by atoms with Crippen molar-refractivity contribution in [2.75, 3.05) is 0 Å². The number of hydrogen-bond donors (Lipinski definition) is 1. The first-order chi connectivity index (χ1) is 10.3. The van der Waals surface area contributed by atoms with E-state index in [1.165, 1.54) is 18.4 Å². The maximum atomic E-state index is 4.33. The first kappa shape index (κ1) is 13.0. The Morgan fingerprint density at radius 3 is 2.90 bits per heavy atom. The standard InChI is InChI=1S/C16H15BrN4/c17-12-6-5-11(10-18-13-7-8-13)16(9-12)21-15-4-2-1-3-14(15)19-20-21/h1-6,9,13,18H,7-8,10H2. The van der Waals surface area contributed by atoms with Crippen LogP contribution in [0.2, 0.25) is 0 Å². The van der Waals surface area contributed by atoms with E-state index in [1.807, 2.05) is 28.9 Å². The number of fused-ring (bicyclic) bond motifs is 1. The molecule has 3 aromatic rings. The summed E-state index contributed by atoms with van der Waals surface area (Å²) in [6, 6.07) is 15.0. The zero-order valence-electron chi connectivity index (χ0n) is 11.5. The van der Waals surface area contributed by atoms with Gasteiger partial charge in [-0.25, -0.2) is 4.68 Å². The van der Waals surface area contributed by atoms with Crippen LogP contribution in [0.25, 0.3) is 16.7 Å². The molecular weight excluding hydrogens is 328 g/mol. The van der Waals surface area contributed by atoms with Gasteiger partial charge in [-0.3, -0.25) is 0 Å². The van der Waals surface area contributed by atoms with Gasteiger partial charge in [0.2, 0.25) is 0 Å². The van der Waals surface area contributed by atoms with E-state index in [1.54, 1.807) is 0 Å². The van der Waals surface area contributed by atoms with Crippen molar-refractivity contribution in [2.45, 2.75) is 25.4 Å². The highest BCUT2D eigenvalue weighted by atomic mass is 79.9. The average Bonchev–Trinajstić information content (AvgIpc) is 3.23. The summed E-state index contributed by atoms with van der Waals surface area (Å²) in [6.45, 7) is 0.863. The Balaban J connectivity index is 1.80. The van der Waals surface area contributed by atoms with Gasteiger partial charge in [0.25, 0.3) is 0 Å². The molecule has 1 saturated carbocycles. The van der Waals surface area contributed by atoms with E-state index in [9.17, 15) is 0 Å². The Kier molecular flexibility index (Phi) is 3.24. The molecule has 1 aromatic heterocycles. The summed E-state index contributed by atoms with van der Waals surface area (Å²) < 4.78 is 2.97. The van der Waals surface area contributed by atoms with Gasteiger partial charge in [-0.2, -0.15) is 0 Å². The minimum Gasteiger partial charge on any atom is -0.310 e. The predicted molar refractivity (Wildman–Crippen MR) is 86.4 cm³/mol. The summed E-state index contributed by atoms with van der Waals surface area (Å²) in [6.07, 6.45) is 2.58. The smallest absolute Gasteiger partial charge is 0.113 e. The number of nitrogens with one attached hydrogen (secondary N) is 1. The van der Waals surface area contributed by atoms with Gasteiger partial charge in [0.1, 0.15) is 5.52 Å². The molecule has 0 aliphatic heterocycles. The van der Waals surface area contributed by atoms with Crippen LogP contribution in [0.1, 0.15) is 18.4 Å². The molecule has 4 rings (SSSR count). The Labute approximate surface area is 131 Å². The summed E-state index contributed by atoms with van der Waals surface area (Å²) in [5, 5.41) is 12.1. The van der Waals surface area contributed by atoms with Crippen LogP contribution >= 0.6 is 15.9 Å². The second-order valence-electron chi connectivity index (χ2n) is 5.42. The van der Waals surface area contributed by atoms with Gasteiger partial charge in [0.05, 0.1) is 11.2 Å². The van der Waals surface area contributed by atoms with E-state index in [-0.39, 0.29) is 0 Å². The second-order valence-corrected chi connectivity index (χ2v) is 6.33. The summed E-state index contributed by atoms with van der Waals surface area (Å²) >= 11 is 3.56. The lowest BCUT2D eigenvalue weighted by atomic mass is 10.1. The maximum Gasteiger partial charge on any atom is 0.113 e. The van der Waals surface area contributed by atoms with Gasteiger partial charge in [0, 0.05) is 17.1 Å². The third kappa shape index (κ3) is 2.59. The molecule has 2 aromatic carbocycles. The third-order valence-corrected chi connectivity index (χ3v) is 4.28. The van der Waals surface area contributed by atoms with Crippen molar-refractivity contribution < 1.29 is 0 Å². The lowest BCUT2D eigenvalue weighted by Gasteiger charge is -2.11. The molecule has 0 saturated heterocycles. The molecule has 5 heteroatoms. The largest absolute Gasteiger partial charge is 0.310 e. The van der Waals surface area contributed by atoms with Crippen LogP contribution in [-0.4, -0.2) is 21.0 Å². The van der Waals surface area contributed by atoms with E-state index >= 15 is 0 Å². The topological polar surface area (TPSA) is 42.7 Å². The zero-order chi connectivity index (χ0) is 14.2. The van der Waals surface area contributed by atoms with Crippen molar-refractivity contribution in [3.63, 3.8) is 0 Å². The van der Waals surface area contributed by atoms with Crippen molar-refractivity contribution in [3.05, 3.63) is 52.5 Å². The molecule has 106 valence electrons. The fraction of sp³-hybridized carbons (Fsp3) is 0.250. The van der Waals surface area contributed by atoms with E-state index in [4.69, 9.17) is 0 Å². The van der Waals surface area contributed by atoms with Gasteiger partial charge in [0.15, 0.2) is 0 Å². The van der Waals surface area contributed by atoms with Crippen LogP contribution in [0.15, 0.2) is 46.9 Å². The van der Waals surface area contributed by atoms with E-state index in [0.29, 0.717) is 6.04 Å². The molecule has 0 unspecified atom stereocenters. The number of para-hydroxylation sites is 1. The quantitative estimate of drug-likeness (QED) is 0.789. The fourth-order valence-corrected chi connectivity index (χ4v) is 2.82. The zero-order valence-corrected chi connectivity index (χ0v) is 13.0. The van der Waals surface area contributed by atoms with E-state index in [0.717, 1.165) is 27.7 Å². The molecule has 1 heterocycles. The maximum absolute atomic E-state index is 4.33. The van der Waals surface area contributed by atoms with Crippen molar-refractivity contribution in [1.82, 2.24) is 20.3 Å². The molecule has 0 radical (unpaired) electrons. The molecule has 0 amide bonds. The molecule has 0 spiro atoms. The monoisotopic (exact) mass is 342 g/mol. The summed E-state index contributed by atoms with van der Waals surface area (Å²) in [5.41, 5.74) is 4.26. The first-order valence-corrected chi connectivity index (χ1v) is 7.93. The highest BCUT2D eigenvalue weighted by molar-refractivity contribution is 9.10. The lowest BCUT2D eigenvalue weighted by molar-refractivity contribution is 0.680. The summed E-state index contributed by atoms with van der Waals surface area (Å²) in [5.74, 6) is 0. The minimum absolute atomic E-state index is 0.689. The van der Waals surface area contributed by atoms with E-state index < -0.39 is 0 Å². The predicted octanol–water partition coefficient (Wildman–Crippen LogP) is 3.44. The van der Waals surface area contributed by atoms with Crippen molar-refractivity contribution in [2.24, 2.45) is 0 Å². The molecular formula is C16H15BrN4. The van der Waals surface area contributed by atoms with E-state index in [2.05, 4.69) is 49.8 Å². The van der Waals surface area contributed by atoms with Gasteiger partial charge < -0.3 is 5.32 Å². The average molecular weight is 343 g/mol. The van der Waals surface area contributed by atoms with Gasteiger partial charge in [-0.1, -0.05) is 39.3 Å². The number of aromatic nitrogens is 3. The first-order valence-electron chi connectivity index (χ1n) is 7.14. The van der Waals surface area contributed by atoms with Crippen molar-refractivity contribution >= 4 is 27.0 Å². The van der Waals surface area contributed by atoms with Crippen LogP contribution in [0.3, 0.4) is 0 Å². The van der Waals surface area contributed by atoms with Crippen LogP contribution in [0.5, 0.6) is 0 Å². The number of nitrogens with zero attached hydrogens (tertiary/aromatic N) is 3. The van der Waals surface area contributed by atoms with Crippen LogP contribution in [0, 0.1) is 0 Å². The van der Waals surface area contributed by atoms with Crippen LogP contribution in [0.4, 0.5) is 0 Å². The Morgan fingerprint density at radius 1 is 1.19 bits per heavy atom. The third-order valence-electron chi connectivity index (χ3n) is 3.79. The lowest BCUT2D eigenvalue weighted by Crippen LogP contribution is -2.17. The number of benzene rings is 2. The van der Waals surface area contributed by atoms with Gasteiger partial charge in [-0.05, 0) is 42.7 Å². The highest BCUT2D eigenvalue weighted by Crippen LogP contribution is 2.25. The van der Waals surface area contributed by atoms with Crippen molar-refractivity contribution in [1.29, 1.82) is 0 Å². The Morgan fingerprint density at radius 2 is 2.05 bits per heavy atom. The summed E-state index contributed by atoms with van der Waals surface area (Å²) in [4.78, 5) is 0. The molecule has 21 heavy (non-hydrogen) atoms. The second kappa shape index (κ2) is 5.24. The minimum atomic E-state index is 0.689. The molecule has 1 N–H and O–H groups in total. The van der Waals surface area contributed by atoms with Crippen LogP contribution in [-0.2, 0) is 6.54 Å². The molecule has 4 nitrogen and oxygen atoms in total. The van der Waals surface area contributed by atoms with Gasteiger partial charge >= 0.3 is 0 Å². The highest BCUT2D eigenvalue weighted by Gasteiger charge is 2.21. The van der Waals surface area contributed by atoms with Crippen molar-refractivity contribution in [3.8, 4) is 5.69 Å². The summed E-state index contributed by atoms with van der Waals surface area (Å²) in [7, 11) is 0. The number of halogens is 1. The molecule has 1 aliphatic rings. The van der Waals surface area contributed by atoms with Gasteiger partial charge in [-0.15, -0.1) is 5.10 Å². The molecule has 1 fully saturated rings. The van der Waals surface area contributed by atoms with Crippen LogP contribution < -0.4 is 5.32 Å². The molecule has 1 aliphatic carbocycles. The fourth-order valence-electron chi connectivity index (χ4n) is 2.47. The normalized spacial score (nSPS) is 14.7. The Hall–Kier alpha value is -1.72. The number of hydrogen-bond acceptors (Lipinski definition) is 3. The molecule has 0 atom stereocenters. The Bertz CT molecular complexity index is 792.